The molecule has 2 aromatic heterocycles. The monoisotopic (exact) mass is 448 g/mol. The normalized spacial score (nSPS) is 18.6. The zero-order valence-corrected chi connectivity index (χ0v) is 17.1. The second kappa shape index (κ2) is 9.03. The van der Waals surface area contributed by atoms with Gasteiger partial charge in [-0.05, 0) is 49.9 Å². The maximum Gasteiger partial charge on any atom is 0.274 e. The Balaban J connectivity index is 1.53. The molecule has 10 heteroatoms. The van der Waals surface area contributed by atoms with Crippen LogP contribution in [-0.4, -0.2) is 27.4 Å². The van der Waals surface area contributed by atoms with E-state index >= 15 is 0 Å². The van der Waals surface area contributed by atoms with Crippen LogP contribution >= 0.6 is 11.5 Å². The highest BCUT2D eigenvalue weighted by Crippen LogP contribution is 2.33. The number of nitrogens with zero attached hydrogens (tertiary/aromatic N) is 2. The van der Waals surface area contributed by atoms with Gasteiger partial charge in [-0.3, -0.25) is 4.79 Å². The third-order valence-electron chi connectivity index (χ3n) is 5.06. The molecule has 3 aromatic rings. The van der Waals surface area contributed by atoms with Gasteiger partial charge < -0.3 is 15.8 Å². The van der Waals surface area contributed by atoms with Gasteiger partial charge in [0.2, 0.25) is 5.06 Å². The molecule has 0 bridgehead atoms. The van der Waals surface area contributed by atoms with Gasteiger partial charge in [-0.2, -0.15) is 4.37 Å². The number of amides is 1. The fourth-order valence-electron chi connectivity index (χ4n) is 3.41. The lowest BCUT2D eigenvalue weighted by Gasteiger charge is -2.26. The lowest BCUT2D eigenvalue weighted by Crippen LogP contribution is -2.31. The van der Waals surface area contributed by atoms with E-state index in [0.717, 1.165) is 67.5 Å². The molecule has 6 nitrogen and oxygen atoms in total. The molecule has 0 atom stereocenters. The van der Waals surface area contributed by atoms with Crippen molar-refractivity contribution >= 4 is 23.1 Å². The van der Waals surface area contributed by atoms with E-state index in [9.17, 15) is 18.0 Å². The van der Waals surface area contributed by atoms with Gasteiger partial charge in [-0.1, -0.05) is 6.07 Å². The van der Waals surface area contributed by atoms with Crippen molar-refractivity contribution in [2.45, 2.75) is 37.8 Å². The molecule has 0 saturated heterocycles. The van der Waals surface area contributed by atoms with Crippen molar-refractivity contribution in [3.63, 3.8) is 0 Å². The Morgan fingerprint density at radius 3 is 2.48 bits per heavy atom. The number of hydrogen-bond acceptors (Lipinski definition) is 6. The fourth-order valence-corrected chi connectivity index (χ4v) is 4.04. The number of anilines is 1. The first-order chi connectivity index (χ1) is 14.9. The summed E-state index contributed by atoms with van der Waals surface area (Å²) in [6, 6.07) is 5.40. The zero-order valence-electron chi connectivity index (χ0n) is 16.3. The SMILES string of the molecule is N[C@H]1CC[C@H](Oc2sncc2NC(=O)c2ccc(F)c(-c3c(F)cccc3F)n2)CC1. The summed E-state index contributed by atoms with van der Waals surface area (Å²) >= 11 is 1.09. The van der Waals surface area contributed by atoms with E-state index in [2.05, 4.69) is 14.7 Å². The predicted molar refractivity (Wildman–Crippen MR) is 110 cm³/mol. The van der Waals surface area contributed by atoms with E-state index in [1.165, 1.54) is 6.20 Å². The summed E-state index contributed by atoms with van der Waals surface area (Å²) < 4.78 is 52.4. The largest absolute Gasteiger partial charge is 0.478 e. The summed E-state index contributed by atoms with van der Waals surface area (Å²) in [4.78, 5) is 16.5. The molecule has 1 fully saturated rings. The number of halogens is 3. The lowest BCUT2D eigenvalue weighted by molar-refractivity contribution is 0.102. The molecule has 4 rings (SSSR count). The van der Waals surface area contributed by atoms with Crippen molar-refractivity contribution in [2.75, 3.05) is 5.32 Å². The summed E-state index contributed by atoms with van der Waals surface area (Å²) in [7, 11) is 0. The quantitative estimate of drug-likeness (QED) is 0.599. The molecule has 2 heterocycles. The van der Waals surface area contributed by atoms with Gasteiger partial charge in [-0.25, -0.2) is 18.2 Å². The minimum atomic E-state index is -0.978. The van der Waals surface area contributed by atoms with Crippen molar-refractivity contribution in [3.8, 4) is 16.3 Å². The maximum absolute atomic E-state index is 14.2. The van der Waals surface area contributed by atoms with Crippen LogP contribution in [0, 0.1) is 17.5 Å². The van der Waals surface area contributed by atoms with Gasteiger partial charge in [0, 0.05) is 17.6 Å². The maximum atomic E-state index is 14.2. The topological polar surface area (TPSA) is 90.1 Å². The molecule has 162 valence electrons. The third-order valence-corrected chi connectivity index (χ3v) is 5.75. The number of nitrogens with one attached hydrogen (secondary N) is 1. The van der Waals surface area contributed by atoms with E-state index in [1.807, 2.05) is 0 Å². The Bertz CT molecular complexity index is 1080. The van der Waals surface area contributed by atoms with Crippen LogP contribution in [0.2, 0.25) is 0 Å². The van der Waals surface area contributed by atoms with Crippen LogP contribution in [0.3, 0.4) is 0 Å². The number of pyridine rings is 1. The highest BCUT2D eigenvalue weighted by Gasteiger charge is 2.23. The number of rotatable bonds is 5. The Hall–Kier alpha value is -2.98. The van der Waals surface area contributed by atoms with Gasteiger partial charge >= 0.3 is 0 Å². The average molecular weight is 448 g/mol. The molecule has 0 radical (unpaired) electrons. The van der Waals surface area contributed by atoms with Crippen LogP contribution in [0.15, 0.2) is 36.5 Å². The second-order valence-electron chi connectivity index (χ2n) is 7.26. The van der Waals surface area contributed by atoms with Crippen LogP contribution in [0.4, 0.5) is 18.9 Å². The van der Waals surface area contributed by atoms with Crippen LogP contribution in [-0.2, 0) is 0 Å². The molecule has 0 aliphatic heterocycles. The number of aromatic nitrogens is 2. The highest BCUT2D eigenvalue weighted by molar-refractivity contribution is 7.08. The number of carbonyl (C=O) groups is 1. The van der Waals surface area contributed by atoms with Crippen LogP contribution in [0.1, 0.15) is 36.2 Å². The number of hydrogen-bond donors (Lipinski definition) is 2. The van der Waals surface area contributed by atoms with Crippen molar-refractivity contribution in [3.05, 3.63) is 59.7 Å². The van der Waals surface area contributed by atoms with Gasteiger partial charge in [0.15, 0.2) is 0 Å². The fraction of sp³-hybridized carbons (Fsp3) is 0.286. The highest BCUT2D eigenvalue weighted by atomic mass is 32.1. The summed E-state index contributed by atoms with van der Waals surface area (Å²) in [6.07, 6.45) is 4.76. The van der Waals surface area contributed by atoms with Crippen molar-refractivity contribution in [1.29, 1.82) is 0 Å². The molecular formula is C21H19F3N4O2S. The molecular weight excluding hydrogens is 429 g/mol. The molecule has 1 aliphatic carbocycles. The second-order valence-corrected chi connectivity index (χ2v) is 8.02. The van der Waals surface area contributed by atoms with E-state index < -0.39 is 34.6 Å². The smallest absolute Gasteiger partial charge is 0.274 e. The minimum Gasteiger partial charge on any atom is -0.478 e. The summed E-state index contributed by atoms with van der Waals surface area (Å²) in [5.74, 6) is -3.59. The van der Waals surface area contributed by atoms with Crippen molar-refractivity contribution < 1.29 is 22.7 Å². The third kappa shape index (κ3) is 4.70. The van der Waals surface area contributed by atoms with Crippen molar-refractivity contribution in [2.24, 2.45) is 5.73 Å². The molecule has 1 amide bonds. The summed E-state index contributed by atoms with van der Waals surface area (Å²) in [6.45, 7) is 0. The molecule has 0 unspecified atom stereocenters. The Labute approximate surface area is 180 Å². The van der Waals surface area contributed by atoms with E-state index in [1.54, 1.807) is 0 Å². The first-order valence-corrected chi connectivity index (χ1v) is 10.5. The first kappa shape index (κ1) is 21.3. The Morgan fingerprint density at radius 2 is 1.77 bits per heavy atom. The van der Waals surface area contributed by atoms with E-state index in [0.29, 0.717) is 10.8 Å². The number of ether oxygens (including phenoxy) is 1. The van der Waals surface area contributed by atoms with Crippen LogP contribution in [0.25, 0.3) is 11.3 Å². The number of carbonyl (C=O) groups excluding carboxylic acids is 1. The molecule has 1 saturated carbocycles. The Morgan fingerprint density at radius 1 is 1.06 bits per heavy atom. The Kier molecular flexibility index (Phi) is 6.19. The molecule has 31 heavy (non-hydrogen) atoms. The lowest BCUT2D eigenvalue weighted by atomic mass is 9.94. The summed E-state index contributed by atoms with van der Waals surface area (Å²) in [5, 5.41) is 3.06. The number of benzene rings is 1. The summed E-state index contributed by atoms with van der Waals surface area (Å²) in [5.41, 5.74) is 4.83. The molecule has 3 N–H and O–H groups in total. The van der Waals surface area contributed by atoms with Gasteiger partial charge in [0.05, 0.1) is 17.9 Å². The molecule has 1 aromatic carbocycles. The molecule has 0 spiro atoms. The van der Waals surface area contributed by atoms with E-state index in [-0.39, 0.29) is 17.8 Å². The standard InChI is InChI=1S/C21H19F3N4O2S/c22-13-2-1-3-14(23)18(13)19-15(24)8-9-16(27-19)20(29)28-17-10-26-31-21(17)30-12-6-4-11(25)5-7-12/h1-3,8-12H,4-7,25H2,(H,28,29)/t11-,12-. The van der Waals surface area contributed by atoms with Gasteiger partial charge in [-0.15, -0.1) is 0 Å². The van der Waals surface area contributed by atoms with Crippen LogP contribution < -0.4 is 15.8 Å². The van der Waals surface area contributed by atoms with E-state index in [4.69, 9.17) is 10.5 Å². The average Bonchev–Trinajstić information content (AvgIpc) is 3.17. The predicted octanol–water partition coefficient (Wildman–Crippen LogP) is 4.52. The minimum absolute atomic E-state index is 0.0181. The molecule has 1 aliphatic rings. The first-order valence-electron chi connectivity index (χ1n) is 9.71. The van der Waals surface area contributed by atoms with Gasteiger partial charge in [0.1, 0.15) is 34.5 Å². The number of nitrogens with two attached hydrogens (primary N) is 1. The van der Waals surface area contributed by atoms with Crippen molar-refractivity contribution in [1.82, 2.24) is 9.36 Å². The zero-order chi connectivity index (χ0) is 22.0. The van der Waals surface area contributed by atoms with Gasteiger partial charge in [0.25, 0.3) is 5.91 Å². The van der Waals surface area contributed by atoms with Crippen LogP contribution in [0.5, 0.6) is 5.06 Å².